The van der Waals surface area contributed by atoms with E-state index in [1.807, 2.05) is 18.3 Å². The lowest BCUT2D eigenvalue weighted by Gasteiger charge is -2.44. The van der Waals surface area contributed by atoms with E-state index in [0.29, 0.717) is 17.3 Å². The maximum atomic E-state index is 6.21. The number of alkyl halides is 1. The van der Waals surface area contributed by atoms with Crippen molar-refractivity contribution in [3.63, 3.8) is 0 Å². The van der Waals surface area contributed by atoms with Crippen molar-refractivity contribution in [1.29, 1.82) is 0 Å². The van der Waals surface area contributed by atoms with E-state index in [4.69, 9.17) is 16.6 Å². The normalized spacial score (nSPS) is 33.9. The minimum atomic E-state index is 0.277. The van der Waals surface area contributed by atoms with Crippen LogP contribution in [-0.4, -0.2) is 14.5 Å². The van der Waals surface area contributed by atoms with Gasteiger partial charge in [0, 0.05) is 12.2 Å². The van der Waals surface area contributed by atoms with Crippen LogP contribution in [-0.2, 0) is 5.88 Å². The van der Waals surface area contributed by atoms with Crippen molar-refractivity contribution in [3.05, 3.63) is 24.2 Å². The molecule has 4 heteroatoms. The Balaban J connectivity index is 1.98. The molecule has 2 saturated carbocycles. The lowest BCUT2D eigenvalue weighted by Crippen LogP contribution is -2.38. The van der Waals surface area contributed by atoms with Gasteiger partial charge in [-0.15, -0.1) is 11.6 Å². The Kier molecular flexibility index (Phi) is 2.73. The Bertz CT molecular complexity index is 700. The number of hydrogen-bond acceptors (Lipinski definition) is 2. The number of fused-ring (bicyclic) bond motifs is 3. The van der Waals surface area contributed by atoms with Gasteiger partial charge in [0.1, 0.15) is 11.3 Å². The second-order valence-electron chi connectivity index (χ2n) is 7.70. The topological polar surface area (TPSA) is 30.7 Å². The zero-order valence-electron chi connectivity index (χ0n) is 12.9. The van der Waals surface area contributed by atoms with Gasteiger partial charge in [-0.1, -0.05) is 20.8 Å². The quantitative estimate of drug-likeness (QED) is 0.762. The fourth-order valence-corrected chi connectivity index (χ4v) is 5.45. The summed E-state index contributed by atoms with van der Waals surface area (Å²) in [4.78, 5) is 9.34. The molecule has 0 N–H and O–H groups in total. The molecule has 0 radical (unpaired) electrons. The first-order valence-corrected chi connectivity index (χ1v) is 8.38. The Morgan fingerprint density at radius 2 is 2.19 bits per heavy atom. The summed E-state index contributed by atoms with van der Waals surface area (Å²) in [6.45, 7) is 7.28. The van der Waals surface area contributed by atoms with Gasteiger partial charge in [0.05, 0.1) is 5.88 Å². The van der Waals surface area contributed by atoms with Crippen molar-refractivity contribution in [2.75, 3.05) is 0 Å². The van der Waals surface area contributed by atoms with Gasteiger partial charge in [-0.05, 0) is 48.1 Å². The molecule has 3 unspecified atom stereocenters. The van der Waals surface area contributed by atoms with Crippen LogP contribution in [0.25, 0.3) is 11.2 Å². The van der Waals surface area contributed by atoms with Crippen LogP contribution >= 0.6 is 11.6 Å². The second-order valence-corrected chi connectivity index (χ2v) is 7.96. The first kappa shape index (κ1) is 13.6. The molecule has 2 fully saturated rings. The van der Waals surface area contributed by atoms with Gasteiger partial charge in [-0.2, -0.15) is 0 Å². The van der Waals surface area contributed by atoms with Gasteiger partial charge < -0.3 is 4.57 Å². The van der Waals surface area contributed by atoms with Crippen molar-refractivity contribution in [3.8, 4) is 0 Å². The molecule has 4 rings (SSSR count). The highest BCUT2D eigenvalue weighted by atomic mass is 35.5. The van der Waals surface area contributed by atoms with Crippen molar-refractivity contribution < 1.29 is 0 Å². The van der Waals surface area contributed by atoms with E-state index in [0.717, 1.165) is 22.9 Å². The molecule has 2 aliphatic rings. The predicted octanol–water partition coefficient (Wildman–Crippen LogP) is 4.56. The number of rotatable bonds is 2. The molecule has 2 heterocycles. The van der Waals surface area contributed by atoms with Crippen molar-refractivity contribution in [2.45, 2.75) is 52.0 Å². The minimum absolute atomic E-state index is 0.277. The Labute approximate surface area is 130 Å². The summed E-state index contributed by atoms with van der Waals surface area (Å²) < 4.78 is 2.36. The lowest BCUT2D eigenvalue weighted by molar-refractivity contribution is 0.0843. The van der Waals surface area contributed by atoms with E-state index in [2.05, 4.69) is 30.3 Å². The van der Waals surface area contributed by atoms with E-state index in [1.165, 1.54) is 19.3 Å². The summed E-state index contributed by atoms with van der Waals surface area (Å²) in [7, 11) is 0. The maximum absolute atomic E-state index is 6.21. The molecule has 3 atom stereocenters. The summed E-state index contributed by atoms with van der Waals surface area (Å²) in [5.41, 5.74) is 2.59. The highest BCUT2D eigenvalue weighted by molar-refractivity contribution is 6.16. The van der Waals surface area contributed by atoms with Gasteiger partial charge >= 0.3 is 0 Å². The third-order valence-corrected chi connectivity index (χ3v) is 6.33. The summed E-state index contributed by atoms with van der Waals surface area (Å²) in [5.74, 6) is 2.22. The Morgan fingerprint density at radius 1 is 1.38 bits per heavy atom. The van der Waals surface area contributed by atoms with Crippen LogP contribution in [0.15, 0.2) is 18.3 Å². The van der Waals surface area contributed by atoms with Crippen LogP contribution in [0.4, 0.5) is 0 Å². The molecule has 0 saturated heterocycles. The van der Waals surface area contributed by atoms with Crippen LogP contribution in [0, 0.1) is 16.7 Å². The highest BCUT2D eigenvalue weighted by Gasteiger charge is 2.60. The molecule has 2 aliphatic carbocycles. The average Bonchev–Trinajstić information content (AvgIpc) is 3.06. The third kappa shape index (κ3) is 1.67. The number of pyridine rings is 1. The van der Waals surface area contributed by atoms with Crippen molar-refractivity contribution in [2.24, 2.45) is 16.7 Å². The third-order valence-electron chi connectivity index (χ3n) is 6.09. The molecule has 3 nitrogen and oxygen atoms in total. The monoisotopic (exact) mass is 303 g/mol. The van der Waals surface area contributed by atoms with Crippen molar-refractivity contribution >= 4 is 22.8 Å². The first-order chi connectivity index (χ1) is 9.97. The Morgan fingerprint density at radius 3 is 2.86 bits per heavy atom. The molecule has 2 aromatic rings. The van der Waals surface area contributed by atoms with Crippen LogP contribution in [0.3, 0.4) is 0 Å². The molecule has 2 bridgehead atoms. The average molecular weight is 304 g/mol. The Hall–Kier alpha value is -1.09. The SMILES string of the molecule is CC12CCC(C1)C(C)(C)C2n1c(CCl)nc2cccnc21. The fraction of sp³-hybridized carbons (Fsp3) is 0.647. The number of hydrogen-bond donors (Lipinski definition) is 0. The molecule has 2 aromatic heterocycles. The zero-order chi connectivity index (χ0) is 14.8. The number of imidazole rings is 1. The van der Waals surface area contributed by atoms with Gasteiger partial charge in [0.15, 0.2) is 5.65 Å². The van der Waals surface area contributed by atoms with E-state index in [1.54, 1.807) is 0 Å². The van der Waals surface area contributed by atoms with Crippen LogP contribution in [0.5, 0.6) is 0 Å². The molecule has 112 valence electrons. The standard InChI is InChI=1S/C17H22ClN3/c1-16(2)11-6-7-17(3,9-11)15(16)21-13(10-18)20-12-5-4-8-19-14(12)21/h4-5,8,11,15H,6-7,9-10H2,1-3H3. The molecule has 0 spiro atoms. The number of nitrogens with zero attached hydrogens (tertiary/aromatic N) is 3. The summed E-state index contributed by atoms with van der Waals surface area (Å²) >= 11 is 6.21. The van der Waals surface area contributed by atoms with E-state index < -0.39 is 0 Å². The van der Waals surface area contributed by atoms with Crippen LogP contribution in [0.2, 0.25) is 0 Å². The van der Waals surface area contributed by atoms with Crippen LogP contribution < -0.4 is 0 Å². The molecular weight excluding hydrogens is 282 g/mol. The summed E-state index contributed by atoms with van der Waals surface area (Å²) in [5, 5.41) is 0. The first-order valence-electron chi connectivity index (χ1n) is 7.85. The van der Waals surface area contributed by atoms with E-state index in [9.17, 15) is 0 Å². The largest absolute Gasteiger partial charge is 0.307 e. The van der Waals surface area contributed by atoms with E-state index in [-0.39, 0.29) is 5.41 Å². The smallest absolute Gasteiger partial charge is 0.160 e. The molecule has 21 heavy (non-hydrogen) atoms. The second kappa shape index (κ2) is 4.22. The lowest BCUT2D eigenvalue weighted by atomic mass is 9.68. The maximum Gasteiger partial charge on any atom is 0.160 e. The van der Waals surface area contributed by atoms with Gasteiger partial charge in [0.25, 0.3) is 0 Å². The van der Waals surface area contributed by atoms with Crippen molar-refractivity contribution in [1.82, 2.24) is 14.5 Å². The molecule has 0 amide bonds. The number of aromatic nitrogens is 3. The van der Waals surface area contributed by atoms with Crippen LogP contribution in [0.1, 0.15) is 51.9 Å². The molecular formula is C17H22ClN3. The number of halogens is 1. The zero-order valence-corrected chi connectivity index (χ0v) is 13.7. The van der Waals surface area contributed by atoms with Gasteiger partial charge in [0.2, 0.25) is 0 Å². The minimum Gasteiger partial charge on any atom is -0.307 e. The summed E-state index contributed by atoms with van der Waals surface area (Å²) in [6, 6.07) is 4.43. The molecule has 0 aromatic carbocycles. The van der Waals surface area contributed by atoms with Gasteiger partial charge in [-0.25, -0.2) is 9.97 Å². The molecule has 0 aliphatic heterocycles. The highest BCUT2D eigenvalue weighted by Crippen LogP contribution is 2.68. The predicted molar refractivity (Wildman–Crippen MR) is 85.4 cm³/mol. The fourth-order valence-electron chi connectivity index (χ4n) is 5.26. The van der Waals surface area contributed by atoms with Gasteiger partial charge in [-0.3, -0.25) is 0 Å². The van der Waals surface area contributed by atoms with E-state index >= 15 is 0 Å². The summed E-state index contributed by atoms with van der Waals surface area (Å²) in [6.07, 6.45) is 5.84.